The first-order chi connectivity index (χ1) is 5.30. The van der Waals surface area contributed by atoms with E-state index in [-0.39, 0.29) is 0 Å². The Morgan fingerprint density at radius 3 is 1.75 bits per heavy atom. The number of alkyl halides is 3. The van der Waals surface area contributed by atoms with E-state index in [0.717, 1.165) is 0 Å². The van der Waals surface area contributed by atoms with E-state index in [1.54, 1.807) is 0 Å². The molecule has 0 aromatic carbocycles. The van der Waals surface area contributed by atoms with Gasteiger partial charge in [0.05, 0.1) is 0 Å². The van der Waals surface area contributed by atoms with Crippen LogP contribution in [-0.4, -0.2) is 29.1 Å². The SMILES string of the molecule is CC(C)[C@H](CO)[C@H](O)C(F)(F)F. The average molecular weight is 186 g/mol. The second kappa shape index (κ2) is 4.09. The molecule has 0 amide bonds. The third-order valence-corrected chi connectivity index (χ3v) is 1.81. The fraction of sp³-hybridized carbons (Fsp3) is 1.00. The predicted molar refractivity (Wildman–Crippen MR) is 37.5 cm³/mol. The van der Waals surface area contributed by atoms with Crippen LogP contribution in [0.2, 0.25) is 0 Å². The summed E-state index contributed by atoms with van der Waals surface area (Å²) in [6.07, 6.45) is -7.07. The molecule has 0 rings (SSSR count). The first-order valence-corrected chi connectivity index (χ1v) is 3.66. The third-order valence-electron chi connectivity index (χ3n) is 1.81. The molecule has 0 spiro atoms. The van der Waals surface area contributed by atoms with Gasteiger partial charge in [0.2, 0.25) is 0 Å². The molecule has 2 N–H and O–H groups in total. The van der Waals surface area contributed by atoms with Gasteiger partial charge < -0.3 is 10.2 Å². The summed E-state index contributed by atoms with van der Waals surface area (Å²) in [6, 6.07) is 0. The Morgan fingerprint density at radius 2 is 1.67 bits per heavy atom. The molecule has 2 atom stereocenters. The molecule has 5 heteroatoms. The van der Waals surface area contributed by atoms with E-state index in [0.29, 0.717) is 0 Å². The molecule has 0 aromatic rings. The van der Waals surface area contributed by atoms with Crippen LogP contribution in [0.25, 0.3) is 0 Å². The molecule has 2 nitrogen and oxygen atoms in total. The van der Waals surface area contributed by atoms with E-state index in [1.807, 2.05) is 0 Å². The van der Waals surface area contributed by atoms with Crippen molar-refractivity contribution < 1.29 is 23.4 Å². The van der Waals surface area contributed by atoms with Crippen molar-refractivity contribution >= 4 is 0 Å². The second-order valence-electron chi connectivity index (χ2n) is 3.08. The zero-order valence-corrected chi connectivity index (χ0v) is 6.97. The van der Waals surface area contributed by atoms with Gasteiger partial charge in [-0.2, -0.15) is 13.2 Å². The molecule has 0 bridgehead atoms. The van der Waals surface area contributed by atoms with Crippen LogP contribution in [-0.2, 0) is 0 Å². The smallest absolute Gasteiger partial charge is 0.396 e. The van der Waals surface area contributed by atoms with Gasteiger partial charge in [-0.15, -0.1) is 0 Å². The standard InChI is InChI=1S/C7H13F3O2/c1-4(2)5(3-11)6(12)7(8,9)10/h4-6,11-12H,3H2,1-2H3/t5-,6-/m0/s1. The van der Waals surface area contributed by atoms with Gasteiger partial charge in [0, 0.05) is 12.5 Å². The fourth-order valence-corrected chi connectivity index (χ4v) is 0.918. The van der Waals surface area contributed by atoms with Gasteiger partial charge in [0.15, 0.2) is 6.10 Å². The Bertz CT molecular complexity index is 133. The van der Waals surface area contributed by atoms with E-state index in [2.05, 4.69) is 0 Å². The number of aliphatic hydroxyl groups is 2. The van der Waals surface area contributed by atoms with Crippen LogP contribution in [0.1, 0.15) is 13.8 Å². The van der Waals surface area contributed by atoms with Gasteiger partial charge in [-0.3, -0.25) is 0 Å². The fourth-order valence-electron chi connectivity index (χ4n) is 0.918. The molecule has 0 unspecified atom stereocenters. The molecule has 0 aliphatic rings. The molecule has 0 saturated heterocycles. The minimum Gasteiger partial charge on any atom is -0.396 e. The van der Waals surface area contributed by atoms with Gasteiger partial charge in [-0.1, -0.05) is 13.8 Å². The van der Waals surface area contributed by atoms with E-state index < -0.39 is 30.7 Å². The second-order valence-corrected chi connectivity index (χ2v) is 3.08. The minimum atomic E-state index is -4.64. The number of hydrogen-bond donors (Lipinski definition) is 2. The Kier molecular flexibility index (Phi) is 3.99. The predicted octanol–water partition coefficient (Wildman–Crippen LogP) is 1.17. The van der Waals surface area contributed by atoms with Crippen LogP contribution in [0.5, 0.6) is 0 Å². The molecule has 0 aliphatic heterocycles. The van der Waals surface area contributed by atoms with Gasteiger partial charge in [0.25, 0.3) is 0 Å². The average Bonchev–Trinajstić information content (AvgIpc) is 1.86. The van der Waals surface area contributed by atoms with E-state index >= 15 is 0 Å². The van der Waals surface area contributed by atoms with Gasteiger partial charge in [-0.05, 0) is 5.92 Å². The zero-order chi connectivity index (χ0) is 9.94. The Labute approximate surface area is 69.0 Å². The van der Waals surface area contributed by atoms with E-state index in [9.17, 15) is 13.2 Å². The minimum absolute atomic E-state index is 0.397. The van der Waals surface area contributed by atoms with Crippen molar-refractivity contribution in [1.29, 1.82) is 0 Å². The summed E-state index contributed by atoms with van der Waals surface area (Å²) >= 11 is 0. The summed E-state index contributed by atoms with van der Waals surface area (Å²) in [5, 5.41) is 17.3. The van der Waals surface area contributed by atoms with Crippen LogP contribution in [0.15, 0.2) is 0 Å². The maximum Gasteiger partial charge on any atom is 0.414 e. The number of halogens is 3. The van der Waals surface area contributed by atoms with Crippen molar-refractivity contribution in [1.82, 2.24) is 0 Å². The lowest BCUT2D eigenvalue weighted by Gasteiger charge is -2.25. The van der Waals surface area contributed by atoms with E-state index in [1.165, 1.54) is 13.8 Å². The molecule has 0 heterocycles. The third kappa shape index (κ3) is 2.98. The van der Waals surface area contributed by atoms with Crippen molar-refractivity contribution in [3.05, 3.63) is 0 Å². The van der Waals surface area contributed by atoms with Crippen LogP contribution >= 0.6 is 0 Å². The summed E-state index contributed by atoms with van der Waals surface area (Å²) in [7, 11) is 0. The van der Waals surface area contributed by atoms with Gasteiger partial charge in [-0.25, -0.2) is 0 Å². The molecule has 12 heavy (non-hydrogen) atoms. The highest BCUT2D eigenvalue weighted by Crippen LogP contribution is 2.29. The summed E-state index contributed by atoms with van der Waals surface area (Å²) in [5.74, 6) is -1.53. The largest absolute Gasteiger partial charge is 0.414 e. The topological polar surface area (TPSA) is 40.5 Å². The summed E-state index contributed by atoms with van der Waals surface area (Å²) in [4.78, 5) is 0. The number of aliphatic hydroxyl groups excluding tert-OH is 2. The zero-order valence-electron chi connectivity index (χ0n) is 6.97. The maximum absolute atomic E-state index is 11.9. The van der Waals surface area contributed by atoms with Crippen molar-refractivity contribution in [3.8, 4) is 0 Å². The number of hydrogen-bond acceptors (Lipinski definition) is 2. The highest BCUT2D eigenvalue weighted by molar-refractivity contribution is 4.76. The lowest BCUT2D eigenvalue weighted by atomic mass is 9.91. The molecule has 0 aliphatic carbocycles. The van der Waals surface area contributed by atoms with Crippen LogP contribution in [0.3, 0.4) is 0 Å². The van der Waals surface area contributed by atoms with Crippen LogP contribution < -0.4 is 0 Å². The summed E-state index contributed by atoms with van der Waals surface area (Å²) in [6.45, 7) is 2.39. The highest BCUT2D eigenvalue weighted by Gasteiger charge is 2.44. The van der Waals surface area contributed by atoms with Crippen molar-refractivity contribution in [2.75, 3.05) is 6.61 Å². The highest BCUT2D eigenvalue weighted by atomic mass is 19.4. The van der Waals surface area contributed by atoms with Gasteiger partial charge in [0.1, 0.15) is 0 Å². The van der Waals surface area contributed by atoms with E-state index in [4.69, 9.17) is 10.2 Å². The molecule has 0 aromatic heterocycles. The van der Waals surface area contributed by atoms with Crippen LogP contribution in [0, 0.1) is 11.8 Å². The van der Waals surface area contributed by atoms with Crippen molar-refractivity contribution in [3.63, 3.8) is 0 Å². The normalized spacial score (nSPS) is 18.0. The van der Waals surface area contributed by atoms with Crippen LogP contribution in [0.4, 0.5) is 13.2 Å². The molecule has 74 valence electrons. The Hall–Kier alpha value is -0.290. The monoisotopic (exact) mass is 186 g/mol. The summed E-state index contributed by atoms with van der Waals surface area (Å²) in [5.41, 5.74) is 0. The number of rotatable bonds is 3. The molecular weight excluding hydrogens is 173 g/mol. The Balaban J connectivity index is 4.32. The lowest BCUT2D eigenvalue weighted by Crippen LogP contribution is -2.40. The maximum atomic E-state index is 11.9. The molecule has 0 saturated carbocycles. The van der Waals surface area contributed by atoms with Crippen molar-refractivity contribution in [2.45, 2.75) is 26.1 Å². The lowest BCUT2D eigenvalue weighted by molar-refractivity contribution is -0.227. The van der Waals surface area contributed by atoms with Gasteiger partial charge >= 0.3 is 6.18 Å². The Morgan fingerprint density at radius 1 is 1.25 bits per heavy atom. The first-order valence-electron chi connectivity index (χ1n) is 3.66. The molecule has 0 radical (unpaired) electrons. The van der Waals surface area contributed by atoms with Crippen molar-refractivity contribution in [2.24, 2.45) is 11.8 Å². The quantitative estimate of drug-likeness (QED) is 0.694. The molecular formula is C7H13F3O2. The first kappa shape index (κ1) is 11.7. The molecule has 0 fully saturated rings. The summed E-state index contributed by atoms with van der Waals surface area (Å²) < 4.78 is 35.7.